The molecule has 14 heteroatoms. The second-order valence-corrected chi connectivity index (χ2v) is 10.7. The minimum atomic E-state index is -0.749. The summed E-state index contributed by atoms with van der Waals surface area (Å²) in [6, 6.07) is 20.4. The number of halogens is 1. The van der Waals surface area contributed by atoms with Crippen molar-refractivity contribution in [3.05, 3.63) is 112 Å². The van der Waals surface area contributed by atoms with Gasteiger partial charge in [-0.3, -0.25) is 14.4 Å². The molecule has 13 nitrogen and oxygen atoms in total. The van der Waals surface area contributed by atoms with Gasteiger partial charge in [-0.25, -0.2) is 19.8 Å². The minimum Gasteiger partial charge on any atom is -0.396 e. The molecular weight excluding hydrogens is 622 g/mol. The molecule has 0 unspecified atom stereocenters. The SMILES string of the molecule is C=Nc1[nH]cnc1/C(=N\C)N[C@@H](COCc1ccccc1)c1nc2cccc(Cl)c2c(=O)n1-c1cccc(NC(=O)NCCCO)c1. The largest absolute Gasteiger partial charge is 0.396 e. The van der Waals surface area contributed by atoms with Crippen molar-refractivity contribution in [2.75, 3.05) is 32.1 Å². The van der Waals surface area contributed by atoms with Crippen molar-refractivity contribution in [2.45, 2.75) is 19.1 Å². The fourth-order valence-corrected chi connectivity index (χ4v) is 5.15. The van der Waals surface area contributed by atoms with Crippen LogP contribution in [0.15, 0.2) is 93.9 Å². The molecule has 242 valence electrons. The van der Waals surface area contributed by atoms with Crippen LogP contribution in [-0.2, 0) is 11.3 Å². The number of anilines is 1. The van der Waals surface area contributed by atoms with Crippen LogP contribution in [0.25, 0.3) is 16.6 Å². The summed E-state index contributed by atoms with van der Waals surface area (Å²) in [5.41, 5.74) is 2.22. The number of fused-ring (bicyclic) bond motifs is 1. The van der Waals surface area contributed by atoms with E-state index in [9.17, 15) is 9.59 Å². The maximum Gasteiger partial charge on any atom is 0.319 e. The molecular formula is C33H34ClN9O4. The summed E-state index contributed by atoms with van der Waals surface area (Å²) in [7, 11) is 1.60. The van der Waals surface area contributed by atoms with Crippen molar-refractivity contribution in [3.63, 3.8) is 0 Å². The molecule has 5 rings (SSSR count). The lowest BCUT2D eigenvalue weighted by Crippen LogP contribution is -2.37. The van der Waals surface area contributed by atoms with Gasteiger partial charge in [0.1, 0.15) is 17.6 Å². The Balaban J connectivity index is 1.61. The molecule has 3 aromatic carbocycles. The average Bonchev–Trinajstić information content (AvgIpc) is 3.56. The van der Waals surface area contributed by atoms with E-state index >= 15 is 0 Å². The number of nitrogens with zero attached hydrogens (tertiary/aromatic N) is 5. The van der Waals surface area contributed by atoms with Gasteiger partial charge in [0.15, 0.2) is 11.7 Å². The number of carbonyl (C=O) groups is 1. The second-order valence-electron chi connectivity index (χ2n) is 10.3. The van der Waals surface area contributed by atoms with E-state index in [1.165, 1.54) is 10.9 Å². The predicted octanol–water partition coefficient (Wildman–Crippen LogP) is 4.52. The van der Waals surface area contributed by atoms with Crippen molar-refractivity contribution in [2.24, 2.45) is 9.98 Å². The molecule has 5 N–H and O–H groups in total. The average molecular weight is 656 g/mol. The first kappa shape index (κ1) is 33.0. The highest BCUT2D eigenvalue weighted by atomic mass is 35.5. The fraction of sp³-hybridized carbons (Fsp3) is 0.212. The predicted molar refractivity (Wildman–Crippen MR) is 183 cm³/mol. The molecule has 0 aliphatic rings. The second kappa shape index (κ2) is 15.8. The highest BCUT2D eigenvalue weighted by Gasteiger charge is 2.26. The van der Waals surface area contributed by atoms with Crippen LogP contribution in [0, 0.1) is 0 Å². The highest BCUT2D eigenvalue weighted by Crippen LogP contribution is 2.25. The van der Waals surface area contributed by atoms with Crippen molar-refractivity contribution in [3.8, 4) is 5.69 Å². The van der Waals surface area contributed by atoms with E-state index in [2.05, 4.69) is 42.6 Å². The summed E-state index contributed by atoms with van der Waals surface area (Å²) in [5, 5.41) is 18.3. The van der Waals surface area contributed by atoms with Crippen molar-refractivity contribution < 1.29 is 14.6 Å². The molecule has 2 heterocycles. The molecule has 2 aromatic heterocycles. The van der Waals surface area contributed by atoms with Crippen molar-refractivity contribution in [1.82, 2.24) is 30.2 Å². The Morgan fingerprint density at radius 2 is 1.96 bits per heavy atom. The van der Waals surface area contributed by atoms with Gasteiger partial charge in [0.25, 0.3) is 5.56 Å². The van der Waals surface area contributed by atoms with E-state index < -0.39 is 17.6 Å². The number of carbonyl (C=O) groups excluding carboxylic acids is 1. The Kier molecular flexibility index (Phi) is 11.1. The Bertz CT molecular complexity index is 1940. The number of hydrogen-bond donors (Lipinski definition) is 5. The monoisotopic (exact) mass is 655 g/mol. The number of aliphatic hydroxyl groups excluding tert-OH is 1. The van der Waals surface area contributed by atoms with Crippen LogP contribution < -0.4 is 21.5 Å². The Hall–Kier alpha value is -5.37. The zero-order valence-corrected chi connectivity index (χ0v) is 26.4. The quantitative estimate of drug-likeness (QED) is 0.0705. The van der Waals surface area contributed by atoms with E-state index in [0.717, 1.165) is 5.56 Å². The molecule has 47 heavy (non-hydrogen) atoms. The summed E-state index contributed by atoms with van der Waals surface area (Å²) in [4.78, 5) is 47.5. The lowest BCUT2D eigenvalue weighted by atomic mass is 10.1. The van der Waals surface area contributed by atoms with E-state index in [-0.39, 0.29) is 23.6 Å². The Morgan fingerprint density at radius 1 is 1.15 bits per heavy atom. The van der Waals surface area contributed by atoms with Crippen molar-refractivity contribution >= 4 is 52.6 Å². The van der Waals surface area contributed by atoms with Crippen LogP contribution in [0.4, 0.5) is 16.3 Å². The molecule has 0 radical (unpaired) electrons. The molecule has 1 atom stereocenters. The number of aliphatic imine (C=N–C) groups is 2. The van der Waals surface area contributed by atoms with Gasteiger partial charge < -0.3 is 30.8 Å². The summed E-state index contributed by atoms with van der Waals surface area (Å²) in [6.45, 7) is 4.24. The summed E-state index contributed by atoms with van der Waals surface area (Å²) < 4.78 is 7.64. The summed E-state index contributed by atoms with van der Waals surface area (Å²) >= 11 is 6.55. The minimum absolute atomic E-state index is 0.0424. The number of amidine groups is 1. The van der Waals surface area contributed by atoms with Crippen LogP contribution >= 0.6 is 11.6 Å². The van der Waals surface area contributed by atoms with Crippen LogP contribution in [0.5, 0.6) is 0 Å². The van der Waals surface area contributed by atoms with Crippen molar-refractivity contribution in [1.29, 1.82) is 0 Å². The highest BCUT2D eigenvalue weighted by molar-refractivity contribution is 6.35. The number of H-pyrrole nitrogens is 1. The van der Waals surface area contributed by atoms with Gasteiger partial charge in [-0.15, -0.1) is 0 Å². The number of aromatic nitrogens is 4. The number of urea groups is 1. The number of nitrogens with one attached hydrogen (secondary N) is 4. The zero-order valence-electron chi connectivity index (χ0n) is 25.6. The molecule has 0 spiro atoms. The van der Waals surface area contributed by atoms with E-state index in [4.69, 9.17) is 26.4 Å². The van der Waals surface area contributed by atoms with Gasteiger partial charge in [0, 0.05) is 25.9 Å². The van der Waals surface area contributed by atoms with Gasteiger partial charge in [0.2, 0.25) is 0 Å². The number of aromatic amines is 1. The molecule has 2 amide bonds. The summed E-state index contributed by atoms with van der Waals surface area (Å²) in [6.07, 6.45) is 1.90. The Morgan fingerprint density at radius 3 is 2.72 bits per heavy atom. The number of hydrogen-bond acceptors (Lipinski definition) is 8. The maximum atomic E-state index is 14.3. The van der Waals surface area contributed by atoms with Crippen LogP contribution in [0.1, 0.15) is 29.5 Å². The van der Waals surface area contributed by atoms with E-state index in [0.29, 0.717) is 59.6 Å². The molecule has 0 bridgehead atoms. The summed E-state index contributed by atoms with van der Waals surface area (Å²) in [5.74, 6) is 1.07. The lowest BCUT2D eigenvalue weighted by molar-refractivity contribution is 0.101. The third-order valence-electron chi connectivity index (χ3n) is 7.10. The third kappa shape index (κ3) is 7.90. The number of aliphatic hydroxyl groups is 1. The molecule has 0 fully saturated rings. The maximum absolute atomic E-state index is 14.3. The van der Waals surface area contributed by atoms with Crippen LogP contribution in [-0.4, -0.2) is 70.0 Å². The topological polar surface area (TPSA) is 171 Å². The normalized spacial score (nSPS) is 12.1. The standard InChI is InChI=1S/C33H34ClN9O4/c1-35-29-28(38-20-39-29)30(36-2)41-26(19-47-18-21-9-4-3-5-10-21)31-42-25-14-7-13-24(34)27(25)32(45)43(31)23-12-6-11-22(17-23)40-33(46)37-15-8-16-44/h3-7,9-14,17,20,26,44H,1,8,15-16,18-19H2,2H3,(H,36,41)(H,38,39)(H2,37,40,46)/t26-/m0/s1. The number of ether oxygens (including phenoxy) is 1. The van der Waals surface area contributed by atoms with E-state index in [1.807, 2.05) is 30.3 Å². The number of benzene rings is 3. The van der Waals surface area contributed by atoms with E-state index in [1.54, 1.807) is 49.5 Å². The van der Waals surface area contributed by atoms with Crippen LogP contribution in [0.2, 0.25) is 5.02 Å². The zero-order chi connectivity index (χ0) is 33.2. The molecule has 0 saturated carbocycles. The third-order valence-corrected chi connectivity index (χ3v) is 7.41. The number of imidazole rings is 1. The first-order valence-electron chi connectivity index (χ1n) is 14.8. The van der Waals surface area contributed by atoms with Crippen LogP contribution in [0.3, 0.4) is 0 Å². The first-order valence-corrected chi connectivity index (χ1v) is 15.1. The van der Waals surface area contributed by atoms with Gasteiger partial charge in [-0.1, -0.05) is 54.1 Å². The van der Waals surface area contributed by atoms with Gasteiger partial charge in [0.05, 0.1) is 41.2 Å². The molecule has 0 saturated heterocycles. The first-order chi connectivity index (χ1) is 22.9. The smallest absolute Gasteiger partial charge is 0.319 e. The van der Waals surface area contributed by atoms with Gasteiger partial charge >= 0.3 is 6.03 Å². The lowest BCUT2D eigenvalue weighted by Gasteiger charge is -2.24. The molecule has 5 aromatic rings. The molecule has 0 aliphatic heterocycles. The number of amides is 2. The van der Waals surface area contributed by atoms with Gasteiger partial charge in [-0.2, -0.15) is 0 Å². The van der Waals surface area contributed by atoms with Gasteiger partial charge in [-0.05, 0) is 49.0 Å². The Labute approximate surface area is 275 Å². The molecule has 0 aliphatic carbocycles. The fourth-order valence-electron chi connectivity index (χ4n) is 4.90. The number of rotatable bonds is 13.